The number of furan rings is 1. The molecule has 0 aliphatic heterocycles. The quantitative estimate of drug-likeness (QED) is 0.493. The molecule has 0 aliphatic carbocycles. The summed E-state index contributed by atoms with van der Waals surface area (Å²) < 4.78 is 5.19. The number of carbonyl (C=O) groups is 3. The minimum absolute atomic E-state index is 0.0562. The summed E-state index contributed by atoms with van der Waals surface area (Å²) in [7, 11) is 1.77. The van der Waals surface area contributed by atoms with Crippen molar-refractivity contribution in [3.8, 4) is 0 Å². The average Bonchev–Trinajstić information content (AvgIpc) is 3.12. The van der Waals surface area contributed by atoms with Crippen LogP contribution in [-0.4, -0.2) is 43.9 Å². The van der Waals surface area contributed by atoms with E-state index in [4.69, 9.17) is 4.42 Å². The van der Waals surface area contributed by atoms with Crippen molar-refractivity contribution in [2.24, 2.45) is 0 Å². The van der Waals surface area contributed by atoms with Gasteiger partial charge in [-0.25, -0.2) is 0 Å². The van der Waals surface area contributed by atoms with Crippen molar-refractivity contribution >= 4 is 23.4 Å². The molecule has 1 heterocycles. The molecule has 4 N–H and O–H groups in total. The molecule has 0 radical (unpaired) electrons. The Balaban J connectivity index is 1.91. The van der Waals surface area contributed by atoms with E-state index in [1.54, 1.807) is 43.4 Å². The van der Waals surface area contributed by atoms with E-state index in [9.17, 15) is 14.4 Å². The minimum atomic E-state index is -0.315. The zero-order valence-corrected chi connectivity index (χ0v) is 16.4. The molecule has 2 rings (SSSR count). The van der Waals surface area contributed by atoms with Crippen molar-refractivity contribution in [2.45, 2.75) is 26.4 Å². The van der Waals surface area contributed by atoms with Gasteiger partial charge in [-0.3, -0.25) is 14.4 Å². The Morgan fingerprint density at radius 3 is 2.43 bits per heavy atom. The van der Waals surface area contributed by atoms with Crippen LogP contribution in [0.1, 0.15) is 30.0 Å². The molecule has 0 fully saturated rings. The molecule has 2 aromatic rings. The molecule has 0 bridgehead atoms. The van der Waals surface area contributed by atoms with E-state index < -0.39 is 0 Å². The minimum Gasteiger partial charge on any atom is -0.467 e. The third kappa shape index (κ3) is 6.88. The smallest absolute Gasteiger partial charge is 0.279 e. The van der Waals surface area contributed by atoms with Gasteiger partial charge in [0.2, 0.25) is 0 Å². The Bertz CT molecular complexity index is 802. The van der Waals surface area contributed by atoms with Crippen molar-refractivity contribution in [3.63, 3.8) is 0 Å². The van der Waals surface area contributed by atoms with E-state index in [0.29, 0.717) is 17.0 Å². The van der Waals surface area contributed by atoms with Crippen molar-refractivity contribution in [3.05, 3.63) is 54.0 Å². The molecule has 0 saturated carbocycles. The second kappa shape index (κ2) is 10.3. The second-order valence-corrected chi connectivity index (χ2v) is 6.89. The standard InChI is InChI=1S/C20H26N4O4/c1-14(2)22-18(25)12-24(3)13-19(26)23-17-9-5-4-8-16(17)20(27)21-11-15-7-6-10-28-15/h4-10,14H,11-13H2,1-3H3,(H,21,27)(H,22,25)(H,23,26)/p+1. The monoisotopic (exact) mass is 387 g/mol. The van der Waals surface area contributed by atoms with Crippen LogP contribution >= 0.6 is 0 Å². The maximum Gasteiger partial charge on any atom is 0.279 e. The zero-order valence-electron chi connectivity index (χ0n) is 16.4. The number of nitrogens with one attached hydrogen (secondary N) is 4. The molecule has 1 aromatic heterocycles. The molecule has 0 aliphatic rings. The van der Waals surface area contributed by atoms with Crippen molar-refractivity contribution < 1.29 is 23.7 Å². The third-order valence-electron chi connectivity index (χ3n) is 3.82. The fraction of sp³-hybridized carbons (Fsp3) is 0.350. The summed E-state index contributed by atoms with van der Waals surface area (Å²) >= 11 is 0. The third-order valence-corrected chi connectivity index (χ3v) is 3.82. The number of anilines is 1. The molecule has 0 saturated heterocycles. The number of amides is 3. The largest absolute Gasteiger partial charge is 0.467 e. The van der Waals surface area contributed by atoms with E-state index in [1.807, 2.05) is 13.8 Å². The van der Waals surface area contributed by atoms with Gasteiger partial charge in [-0.05, 0) is 38.1 Å². The number of benzene rings is 1. The lowest BCUT2D eigenvalue weighted by atomic mass is 10.1. The Kier molecular flexibility index (Phi) is 7.76. The van der Waals surface area contributed by atoms with Gasteiger partial charge in [-0.15, -0.1) is 0 Å². The van der Waals surface area contributed by atoms with Gasteiger partial charge in [0.25, 0.3) is 17.7 Å². The van der Waals surface area contributed by atoms with Gasteiger partial charge in [0.05, 0.1) is 31.1 Å². The molecular weight excluding hydrogens is 360 g/mol. The van der Waals surface area contributed by atoms with Crippen LogP contribution in [0.25, 0.3) is 0 Å². The van der Waals surface area contributed by atoms with Crippen LogP contribution in [0, 0.1) is 0 Å². The average molecular weight is 387 g/mol. The number of para-hydroxylation sites is 1. The van der Waals surface area contributed by atoms with Crippen LogP contribution in [-0.2, 0) is 16.1 Å². The Labute approximate surface area is 164 Å². The molecule has 1 atom stereocenters. The highest BCUT2D eigenvalue weighted by atomic mass is 16.3. The van der Waals surface area contributed by atoms with Gasteiger partial charge in [-0.2, -0.15) is 0 Å². The molecule has 0 spiro atoms. The fourth-order valence-electron chi connectivity index (χ4n) is 2.64. The van der Waals surface area contributed by atoms with E-state index in [1.165, 1.54) is 6.26 Å². The summed E-state index contributed by atoms with van der Waals surface area (Å²) in [6.07, 6.45) is 1.54. The predicted octanol–water partition coefficient (Wildman–Crippen LogP) is 0.187. The molecule has 28 heavy (non-hydrogen) atoms. The molecule has 8 heteroatoms. The second-order valence-electron chi connectivity index (χ2n) is 6.89. The van der Waals surface area contributed by atoms with Crippen LogP contribution in [0.2, 0.25) is 0 Å². The van der Waals surface area contributed by atoms with Crippen LogP contribution < -0.4 is 20.9 Å². The number of carbonyl (C=O) groups excluding carboxylic acids is 3. The lowest BCUT2D eigenvalue weighted by Crippen LogP contribution is -3.11. The summed E-state index contributed by atoms with van der Waals surface area (Å²) in [5, 5.41) is 8.31. The van der Waals surface area contributed by atoms with E-state index >= 15 is 0 Å². The van der Waals surface area contributed by atoms with E-state index in [0.717, 1.165) is 4.90 Å². The van der Waals surface area contributed by atoms with E-state index in [2.05, 4.69) is 16.0 Å². The SMILES string of the molecule is CC(C)NC(=O)C[NH+](C)CC(=O)Nc1ccccc1C(=O)NCc1ccco1. The first-order chi connectivity index (χ1) is 13.3. The normalized spacial score (nSPS) is 11.7. The van der Waals surface area contributed by atoms with Crippen LogP contribution in [0.5, 0.6) is 0 Å². The van der Waals surface area contributed by atoms with Gasteiger partial charge < -0.3 is 25.3 Å². The number of rotatable bonds is 9. The van der Waals surface area contributed by atoms with Crippen LogP contribution in [0.3, 0.4) is 0 Å². The number of hydrogen-bond donors (Lipinski definition) is 4. The summed E-state index contributed by atoms with van der Waals surface area (Å²) in [6, 6.07) is 10.3. The molecule has 8 nitrogen and oxygen atoms in total. The number of quaternary nitrogens is 1. The Morgan fingerprint density at radius 2 is 1.75 bits per heavy atom. The maximum atomic E-state index is 12.5. The molecule has 150 valence electrons. The zero-order chi connectivity index (χ0) is 20.5. The maximum absolute atomic E-state index is 12.5. The van der Waals surface area contributed by atoms with Crippen molar-refractivity contribution in [1.82, 2.24) is 10.6 Å². The molecule has 1 unspecified atom stereocenters. The lowest BCUT2D eigenvalue weighted by molar-refractivity contribution is -0.862. The first-order valence-corrected chi connectivity index (χ1v) is 9.15. The highest BCUT2D eigenvalue weighted by Gasteiger charge is 2.17. The lowest BCUT2D eigenvalue weighted by Gasteiger charge is -2.16. The summed E-state index contributed by atoms with van der Waals surface area (Å²) in [4.78, 5) is 37.3. The number of likely N-dealkylation sites (N-methyl/N-ethyl adjacent to an activating group) is 1. The first kappa shape index (κ1) is 21.2. The first-order valence-electron chi connectivity index (χ1n) is 9.15. The topological polar surface area (TPSA) is 105 Å². The molecule has 3 amide bonds. The van der Waals surface area contributed by atoms with Crippen LogP contribution in [0.4, 0.5) is 5.69 Å². The van der Waals surface area contributed by atoms with Gasteiger partial charge in [-0.1, -0.05) is 12.1 Å². The Morgan fingerprint density at radius 1 is 1.04 bits per heavy atom. The number of hydrogen-bond acceptors (Lipinski definition) is 4. The van der Waals surface area contributed by atoms with Crippen molar-refractivity contribution in [1.29, 1.82) is 0 Å². The predicted molar refractivity (Wildman–Crippen MR) is 105 cm³/mol. The van der Waals surface area contributed by atoms with E-state index in [-0.39, 0.29) is 43.4 Å². The van der Waals surface area contributed by atoms with Gasteiger partial charge in [0, 0.05) is 6.04 Å². The van der Waals surface area contributed by atoms with Gasteiger partial charge in [0.1, 0.15) is 5.76 Å². The highest BCUT2D eigenvalue weighted by molar-refractivity contribution is 6.03. The highest BCUT2D eigenvalue weighted by Crippen LogP contribution is 2.15. The van der Waals surface area contributed by atoms with Gasteiger partial charge in [0.15, 0.2) is 13.1 Å². The fourth-order valence-corrected chi connectivity index (χ4v) is 2.64. The van der Waals surface area contributed by atoms with Crippen LogP contribution in [0.15, 0.2) is 47.1 Å². The van der Waals surface area contributed by atoms with Crippen molar-refractivity contribution in [2.75, 3.05) is 25.5 Å². The summed E-state index contributed by atoms with van der Waals surface area (Å²) in [5.74, 6) is -0.0665. The molecular formula is C20H27N4O4+. The Hall–Kier alpha value is -3.13. The summed E-state index contributed by atoms with van der Waals surface area (Å²) in [5.41, 5.74) is 0.779. The van der Waals surface area contributed by atoms with Gasteiger partial charge >= 0.3 is 0 Å². The molecule has 1 aromatic carbocycles. The summed E-state index contributed by atoms with van der Waals surface area (Å²) in [6.45, 7) is 4.32.